The van der Waals surface area contributed by atoms with Crippen LogP contribution in [-0.2, 0) is 19.2 Å². The van der Waals surface area contributed by atoms with Crippen LogP contribution in [0.5, 0.6) is 0 Å². The Kier molecular flexibility index (Phi) is 4.29. The number of halogens is 2. The van der Waals surface area contributed by atoms with Crippen LogP contribution in [-0.4, -0.2) is 14.2 Å². The van der Waals surface area contributed by atoms with Crippen molar-refractivity contribution in [3.05, 3.63) is 82.3 Å². The van der Waals surface area contributed by atoms with Gasteiger partial charge in [-0.05, 0) is 47.2 Å². The first-order chi connectivity index (χ1) is 12.5. The fourth-order valence-electron chi connectivity index (χ4n) is 4.05. The second-order valence-electron chi connectivity index (χ2n) is 6.70. The Morgan fingerprint density at radius 3 is 1.46 bits per heavy atom. The highest BCUT2D eigenvalue weighted by molar-refractivity contribution is 6.28. The van der Waals surface area contributed by atoms with Crippen LogP contribution in [0.4, 0.5) is 0 Å². The van der Waals surface area contributed by atoms with Gasteiger partial charge in [0.2, 0.25) is 0 Å². The molecule has 2 unspecified atom stereocenters. The summed E-state index contributed by atoms with van der Waals surface area (Å²) in [5, 5.41) is 0. The van der Waals surface area contributed by atoms with Crippen LogP contribution >= 0.6 is 23.2 Å². The summed E-state index contributed by atoms with van der Waals surface area (Å²) in [7, 11) is 3.33. The average Bonchev–Trinajstić information content (AvgIpc) is 3.13. The second kappa shape index (κ2) is 6.37. The van der Waals surface area contributed by atoms with E-state index >= 15 is 0 Å². The number of ether oxygens (including phenoxy) is 2. The van der Waals surface area contributed by atoms with Crippen LogP contribution in [0.2, 0.25) is 0 Å². The van der Waals surface area contributed by atoms with E-state index in [-0.39, 0.29) is 0 Å². The van der Waals surface area contributed by atoms with Gasteiger partial charge in [-0.15, -0.1) is 23.2 Å². The number of rotatable bonds is 5. The highest BCUT2D eigenvalue weighted by Gasteiger charge is 2.47. The van der Waals surface area contributed by atoms with Crippen molar-refractivity contribution in [2.45, 2.75) is 22.6 Å². The molecule has 0 amide bonds. The normalized spacial score (nSPS) is 26.0. The van der Waals surface area contributed by atoms with Crippen molar-refractivity contribution in [2.24, 2.45) is 0 Å². The summed E-state index contributed by atoms with van der Waals surface area (Å²) in [5.41, 5.74) is 4.32. The second-order valence-corrected chi connectivity index (χ2v) is 7.99. The third kappa shape index (κ3) is 2.47. The SMILES string of the molecule is COC1=Cc2ccccc2C1(Cl)CCC1(Cl)C(OC)=Cc2ccccc21. The molecule has 2 aliphatic carbocycles. The molecule has 0 spiro atoms. The van der Waals surface area contributed by atoms with Crippen molar-refractivity contribution >= 4 is 35.4 Å². The monoisotopic (exact) mass is 386 g/mol. The maximum absolute atomic E-state index is 7.11. The number of alkyl halides is 2. The molecule has 2 nitrogen and oxygen atoms in total. The minimum Gasteiger partial charge on any atom is -0.499 e. The summed E-state index contributed by atoms with van der Waals surface area (Å²) in [5.74, 6) is 1.52. The van der Waals surface area contributed by atoms with Crippen LogP contribution in [0, 0.1) is 0 Å². The van der Waals surface area contributed by atoms with E-state index in [2.05, 4.69) is 24.3 Å². The zero-order chi connectivity index (χ0) is 18.4. The molecule has 2 aliphatic rings. The Balaban J connectivity index is 1.69. The van der Waals surface area contributed by atoms with E-state index in [4.69, 9.17) is 32.7 Å². The predicted molar refractivity (Wildman–Crippen MR) is 107 cm³/mol. The molecular weight excluding hydrogens is 367 g/mol. The van der Waals surface area contributed by atoms with Crippen LogP contribution in [0.1, 0.15) is 35.1 Å². The molecule has 2 aromatic carbocycles. The standard InChI is InChI=1S/C22H20Cl2O2/c1-25-19-13-15-7-3-5-9-17(15)21(19,23)11-12-22(24)18-10-6-4-8-16(18)14-20(22)26-2/h3-10,13-14H,11-12H2,1-2H3. The Morgan fingerprint density at radius 1 is 0.692 bits per heavy atom. The lowest BCUT2D eigenvalue weighted by Crippen LogP contribution is -2.27. The van der Waals surface area contributed by atoms with Crippen molar-refractivity contribution < 1.29 is 9.47 Å². The molecule has 26 heavy (non-hydrogen) atoms. The van der Waals surface area contributed by atoms with Gasteiger partial charge in [-0.1, -0.05) is 48.5 Å². The minimum absolute atomic E-state index is 0.629. The molecule has 0 N–H and O–H groups in total. The molecule has 0 saturated carbocycles. The fraction of sp³-hybridized carbons (Fsp3) is 0.273. The first-order valence-corrected chi connectivity index (χ1v) is 9.38. The van der Waals surface area contributed by atoms with Crippen molar-refractivity contribution in [1.82, 2.24) is 0 Å². The van der Waals surface area contributed by atoms with E-state index in [0.717, 1.165) is 33.8 Å². The summed E-state index contributed by atoms with van der Waals surface area (Å²) in [4.78, 5) is -1.44. The Hall–Kier alpha value is -1.90. The van der Waals surface area contributed by atoms with Gasteiger partial charge in [0, 0.05) is 0 Å². The van der Waals surface area contributed by atoms with E-state index in [9.17, 15) is 0 Å². The minimum atomic E-state index is -0.719. The first kappa shape index (κ1) is 17.5. The van der Waals surface area contributed by atoms with Gasteiger partial charge in [0.1, 0.15) is 21.3 Å². The number of benzene rings is 2. The van der Waals surface area contributed by atoms with E-state index in [1.54, 1.807) is 14.2 Å². The molecule has 2 atom stereocenters. The number of hydrogen-bond acceptors (Lipinski definition) is 2. The molecule has 2 aromatic rings. The van der Waals surface area contributed by atoms with Crippen molar-refractivity contribution in [3.8, 4) is 0 Å². The van der Waals surface area contributed by atoms with Crippen molar-refractivity contribution in [3.63, 3.8) is 0 Å². The third-order valence-corrected chi connectivity index (χ3v) is 6.54. The zero-order valence-corrected chi connectivity index (χ0v) is 16.3. The van der Waals surface area contributed by atoms with Gasteiger partial charge >= 0.3 is 0 Å². The largest absolute Gasteiger partial charge is 0.499 e. The quantitative estimate of drug-likeness (QED) is 0.583. The van der Waals surface area contributed by atoms with Gasteiger partial charge in [0.15, 0.2) is 0 Å². The molecule has 0 heterocycles. The van der Waals surface area contributed by atoms with Crippen LogP contribution in [0.25, 0.3) is 12.2 Å². The maximum atomic E-state index is 7.11. The number of methoxy groups -OCH3 is 2. The molecule has 4 heteroatoms. The molecule has 0 bridgehead atoms. The Morgan fingerprint density at radius 2 is 1.08 bits per heavy atom. The molecule has 0 aromatic heterocycles. The van der Waals surface area contributed by atoms with Crippen LogP contribution in [0.15, 0.2) is 60.0 Å². The van der Waals surface area contributed by atoms with Gasteiger partial charge in [-0.25, -0.2) is 0 Å². The van der Waals surface area contributed by atoms with Crippen molar-refractivity contribution in [1.29, 1.82) is 0 Å². The van der Waals surface area contributed by atoms with E-state index in [1.807, 2.05) is 36.4 Å². The van der Waals surface area contributed by atoms with Gasteiger partial charge in [0.05, 0.1) is 14.2 Å². The Bertz CT molecular complexity index is 842. The Labute approximate surface area is 164 Å². The number of hydrogen-bond donors (Lipinski definition) is 0. The van der Waals surface area contributed by atoms with Crippen LogP contribution in [0.3, 0.4) is 0 Å². The molecule has 4 rings (SSSR count). The first-order valence-electron chi connectivity index (χ1n) is 8.62. The third-order valence-electron chi connectivity index (χ3n) is 5.38. The fourth-order valence-corrected chi connectivity index (χ4v) is 4.84. The van der Waals surface area contributed by atoms with Crippen molar-refractivity contribution in [2.75, 3.05) is 14.2 Å². The highest BCUT2D eigenvalue weighted by Crippen LogP contribution is 2.54. The number of fused-ring (bicyclic) bond motifs is 2. The van der Waals surface area contributed by atoms with E-state index < -0.39 is 9.75 Å². The molecular formula is C22H20Cl2O2. The maximum Gasteiger partial charge on any atom is 0.127 e. The highest BCUT2D eigenvalue weighted by atomic mass is 35.5. The van der Waals surface area contributed by atoms with Gasteiger partial charge in [-0.3, -0.25) is 0 Å². The molecule has 0 fully saturated rings. The summed E-state index contributed by atoms with van der Waals surface area (Å²) in [6.07, 6.45) is 5.28. The van der Waals surface area contributed by atoms with Crippen LogP contribution < -0.4 is 0 Å². The molecule has 0 aliphatic heterocycles. The molecule has 134 valence electrons. The summed E-state index contributed by atoms with van der Waals surface area (Å²) >= 11 is 14.2. The lowest BCUT2D eigenvalue weighted by atomic mass is 9.86. The van der Waals surface area contributed by atoms with Gasteiger partial charge in [-0.2, -0.15) is 0 Å². The summed E-state index contributed by atoms with van der Waals surface area (Å²) in [6.45, 7) is 0. The van der Waals surface area contributed by atoms with E-state index in [0.29, 0.717) is 12.8 Å². The molecule has 0 saturated heterocycles. The topological polar surface area (TPSA) is 18.5 Å². The average molecular weight is 387 g/mol. The van der Waals surface area contributed by atoms with Gasteiger partial charge in [0.25, 0.3) is 0 Å². The smallest absolute Gasteiger partial charge is 0.127 e. The summed E-state index contributed by atoms with van der Waals surface area (Å²) in [6, 6.07) is 16.2. The molecule has 0 radical (unpaired) electrons. The lowest BCUT2D eigenvalue weighted by Gasteiger charge is -2.32. The zero-order valence-electron chi connectivity index (χ0n) is 14.8. The summed E-state index contributed by atoms with van der Waals surface area (Å²) < 4.78 is 11.2. The predicted octanol–water partition coefficient (Wildman–Crippen LogP) is 6.04. The lowest BCUT2D eigenvalue weighted by molar-refractivity contribution is 0.234. The van der Waals surface area contributed by atoms with E-state index in [1.165, 1.54) is 0 Å². The number of allylic oxidation sites excluding steroid dienone is 2. The van der Waals surface area contributed by atoms with Gasteiger partial charge < -0.3 is 9.47 Å².